The number of hydrogen-bond acceptors (Lipinski definition) is 5. The highest BCUT2D eigenvalue weighted by atomic mass is 32.1. The monoisotopic (exact) mass is 356 g/mol. The number of aromatic nitrogens is 1. The van der Waals surface area contributed by atoms with Crippen LogP contribution in [-0.2, 0) is 0 Å². The number of carbonyl (C=O) groups is 1. The summed E-state index contributed by atoms with van der Waals surface area (Å²) in [6.07, 6.45) is 0. The van der Waals surface area contributed by atoms with E-state index in [2.05, 4.69) is 10.3 Å². The van der Waals surface area contributed by atoms with E-state index in [1.807, 2.05) is 12.1 Å². The topological polar surface area (TPSA) is 64.4 Å². The molecule has 2 aromatic heterocycles. The Morgan fingerprint density at radius 2 is 2.16 bits per heavy atom. The number of methoxy groups -OCH3 is 1. The first-order valence-corrected chi connectivity index (χ1v) is 8.32. The summed E-state index contributed by atoms with van der Waals surface area (Å²) in [6, 6.07) is 10.1. The predicted molar refractivity (Wildman–Crippen MR) is 95.0 cm³/mol. The highest BCUT2D eigenvalue weighted by Gasteiger charge is 2.20. The minimum Gasteiger partial charge on any atom is -0.497 e. The van der Waals surface area contributed by atoms with Crippen LogP contribution in [0.25, 0.3) is 21.2 Å². The normalized spacial score (nSPS) is 11.2. The number of furan rings is 1. The van der Waals surface area contributed by atoms with E-state index >= 15 is 0 Å². The van der Waals surface area contributed by atoms with E-state index in [-0.39, 0.29) is 11.3 Å². The van der Waals surface area contributed by atoms with Crippen LogP contribution in [0.2, 0.25) is 0 Å². The summed E-state index contributed by atoms with van der Waals surface area (Å²) in [5.74, 6) is -0.152. The molecular formula is C18H13FN2O3S. The predicted octanol–water partition coefficient (Wildman–Crippen LogP) is 4.75. The van der Waals surface area contributed by atoms with Gasteiger partial charge in [0.05, 0.1) is 17.3 Å². The molecule has 0 spiro atoms. The Morgan fingerprint density at radius 1 is 1.32 bits per heavy atom. The highest BCUT2D eigenvalue weighted by molar-refractivity contribution is 7.22. The standard InChI is InChI=1S/C18H13FN2O3S/c1-9-11-4-3-5-12(19)16(11)24-15(9)17(22)21-18-20-13-7-6-10(23-2)8-14(13)25-18/h3-8H,1-2H3,(H,20,21,22). The molecule has 1 amide bonds. The maximum atomic E-state index is 13.8. The van der Waals surface area contributed by atoms with Crippen molar-refractivity contribution in [1.29, 1.82) is 0 Å². The molecule has 0 fully saturated rings. The number of halogens is 1. The Kier molecular flexibility index (Phi) is 3.65. The van der Waals surface area contributed by atoms with Gasteiger partial charge in [0.2, 0.25) is 0 Å². The van der Waals surface area contributed by atoms with Gasteiger partial charge in [-0.05, 0) is 31.2 Å². The zero-order valence-electron chi connectivity index (χ0n) is 13.4. The third-order valence-corrected chi connectivity index (χ3v) is 4.87. The molecule has 25 heavy (non-hydrogen) atoms. The number of rotatable bonds is 3. The summed E-state index contributed by atoms with van der Waals surface area (Å²) in [6.45, 7) is 1.73. The Morgan fingerprint density at radius 3 is 2.92 bits per heavy atom. The molecule has 126 valence electrons. The number of para-hydroxylation sites is 1. The van der Waals surface area contributed by atoms with E-state index in [1.165, 1.54) is 17.4 Å². The van der Waals surface area contributed by atoms with Gasteiger partial charge in [0, 0.05) is 10.9 Å². The first-order chi connectivity index (χ1) is 12.1. The molecule has 0 radical (unpaired) electrons. The van der Waals surface area contributed by atoms with Crippen molar-refractivity contribution in [3.8, 4) is 5.75 Å². The number of amides is 1. The summed E-state index contributed by atoms with van der Waals surface area (Å²) >= 11 is 1.33. The number of fused-ring (bicyclic) bond motifs is 2. The van der Waals surface area contributed by atoms with Gasteiger partial charge in [-0.1, -0.05) is 23.5 Å². The van der Waals surface area contributed by atoms with Crippen molar-refractivity contribution in [2.45, 2.75) is 6.92 Å². The number of thiazole rings is 1. The lowest BCUT2D eigenvalue weighted by molar-refractivity contribution is 0.0997. The molecule has 0 atom stereocenters. The van der Waals surface area contributed by atoms with Crippen LogP contribution in [0, 0.1) is 12.7 Å². The Bertz CT molecular complexity index is 1120. The molecule has 0 aliphatic rings. The van der Waals surface area contributed by atoms with E-state index in [0.717, 1.165) is 16.0 Å². The molecule has 7 heteroatoms. The molecule has 0 saturated heterocycles. The quantitative estimate of drug-likeness (QED) is 0.575. The molecule has 0 aliphatic carbocycles. The van der Waals surface area contributed by atoms with Crippen LogP contribution < -0.4 is 10.1 Å². The Labute approximate surface area is 146 Å². The molecule has 2 heterocycles. The molecule has 4 rings (SSSR count). The number of benzene rings is 2. The lowest BCUT2D eigenvalue weighted by Gasteiger charge is -1.98. The Hall–Kier alpha value is -2.93. The number of aryl methyl sites for hydroxylation is 1. The van der Waals surface area contributed by atoms with Crippen molar-refractivity contribution in [1.82, 2.24) is 4.98 Å². The fourth-order valence-corrected chi connectivity index (χ4v) is 3.55. The molecule has 4 aromatic rings. The number of hydrogen-bond donors (Lipinski definition) is 1. The second-order valence-corrected chi connectivity index (χ2v) is 6.51. The summed E-state index contributed by atoms with van der Waals surface area (Å²) in [4.78, 5) is 16.9. The van der Waals surface area contributed by atoms with Gasteiger partial charge in [0.15, 0.2) is 22.3 Å². The van der Waals surface area contributed by atoms with Gasteiger partial charge in [-0.25, -0.2) is 9.37 Å². The van der Waals surface area contributed by atoms with Crippen LogP contribution in [-0.4, -0.2) is 18.0 Å². The second-order valence-electron chi connectivity index (χ2n) is 5.48. The summed E-state index contributed by atoms with van der Waals surface area (Å²) in [5.41, 5.74) is 1.43. The molecule has 2 aromatic carbocycles. The van der Waals surface area contributed by atoms with Crippen molar-refractivity contribution in [2.24, 2.45) is 0 Å². The third-order valence-electron chi connectivity index (χ3n) is 3.94. The van der Waals surface area contributed by atoms with E-state index < -0.39 is 11.7 Å². The molecule has 0 saturated carbocycles. The molecule has 1 N–H and O–H groups in total. The SMILES string of the molecule is COc1ccc2nc(NC(=O)c3oc4c(F)cccc4c3C)sc2c1. The van der Waals surface area contributed by atoms with Crippen molar-refractivity contribution < 1.29 is 18.3 Å². The zero-order chi connectivity index (χ0) is 17.6. The van der Waals surface area contributed by atoms with Gasteiger partial charge in [-0.2, -0.15) is 0 Å². The van der Waals surface area contributed by atoms with Crippen LogP contribution >= 0.6 is 11.3 Å². The minimum atomic E-state index is -0.494. The van der Waals surface area contributed by atoms with Gasteiger partial charge in [-0.3, -0.25) is 10.1 Å². The maximum absolute atomic E-state index is 13.8. The number of ether oxygens (including phenoxy) is 1. The molecule has 0 unspecified atom stereocenters. The van der Waals surface area contributed by atoms with Gasteiger partial charge >= 0.3 is 0 Å². The van der Waals surface area contributed by atoms with Gasteiger partial charge < -0.3 is 9.15 Å². The molecule has 0 bridgehead atoms. The van der Waals surface area contributed by atoms with Crippen LogP contribution in [0.3, 0.4) is 0 Å². The van der Waals surface area contributed by atoms with E-state index in [9.17, 15) is 9.18 Å². The number of anilines is 1. The average molecular weight is 356 g/mol. The van der Waals surface area contributed by atoms with Gasteiger partial charge in [0.25, 0.3) is 5.91 Å². The highest BCUT2D eigenvalue weighted by Crippen LogP contribution is 2.31. The number of nitrogens with one attached hydrogen (secondary N) is 1. The maximum Gasteiger partial charge on any atom is 0.293 e. The smallest absolute Gasteiger partial charge is 0.293 e. The van der Waals surface area contributed by atoms with E-state index in [0.29, 0.717) is 16.1 Å². The largest absolute Gasteiger partial charge is 0.497 e. The third kappa shape index (κ3) is 2.62. The fraction of sp³-hybridized carbons (Fsp3) is 0.111. The lowest BCUT2D eigenvalue weighted by atomic mass is 10.1. The van der Waals surface area contributed by atoms with E-state index in [1.54, 1.807) is 32.2 Å². The fourth-order valence-electron chi connectivity index (χ4n) is 2.66. The lowest BCUT2D eigenvalue weighted by Crippen LogP contribution is -2.11. The van der Waals surface area contributed by atoms with Crippen LogP contribution in [0.4, 0.5) is 9.52 Å². The first kappa shape index (κ1) is 15.6. The van der Waals surface area contributed by atoms with Crippen molar-refractivity contribution in [2.75, 3.05) is 12.4 Å². The van der Waals surface area contributed by atoms with E-state index in [4.69, 9.17) is 9.15 Å². The summed E-state index contributed by atoms with van der Waals surface area (Å²) < 4.78 is 25.4. The average Bonchev–Trinajstić information content (AvgIpc) is 3.16. The molecular weight excluding hydrogens is 343 g/mol. The van der Waals surface area contributed by atoms with Crippen molar-refractivity contribution in [3.05, 3.63) is 53.5 Å². The molecule has 5 nitrogen and oxygen atoms in total. The van der Waals surface area contributed by atoms with Crippen LogP contribution in [0.15, 0.2) is 40.8 Å². The zero-order valence-corrected chi connectivity index (χ0v) is 14.2. The minimum absolute atomic E-state index is 0.0805. The second kappa shape index (κ2) is 5.86. The van der Waals surface area contributed by atoms with Gasteiger partial charge in [-0.15, -0.1) is 0 Å². The van der Waals surface area contributed by atoms with Crippen LogP contribution in [0.1, 0.15) is 16.1 Å². The number of nitrogens with zero attached hydrogens (tertiary/aromatic N) is 1. The van der Waals surface area contributed by atoms with Gasteiger partial charge in [0.1, 0.15) is 5.75 Å². The first-order valence-electron chi connectivity index (χ1n) is 7.50. The van der Waals surface area contributed by atoms with Crippen molar-refractivity contribution in [3.63, 3.8) is 0 Å². The summed E-state index contributed by atoms with van der Waals surface area (Å²) in [7, 11) is 1.59. The molecule has 0 aliphatic heterocycles. The Balaban J connectivity index is 1.68. The van der Waals surface area contributed by atoms with Crippen molar-refractivity contribution >= 4 is 43.6 Å². The van der Waals surface area contributed by atoms with Crippen LogP contribution in [0.5, 0.6) is 5.75 Å². The summed E-state index contributed by atoms with van der Waals surface area (Å²) in [5, 5.41) is 3.74. The number of carbonyl (C=O) groups excluding carboxylic acids is 1.